The first-order valence-corrected chi connectivity index (χ1v) is 9.13. The van der Waals surface area contributed by atoms with Crippen molar-refractivity contribution in [3.63, 3.8) is 0 Å². The fraction of sp³-hybridized carbons (Fsp3) is 0.333. The normalized spacial score (nSPS) is 18.3. The maximum Gasteiger partial charge on any atom is 0.252 e. The second-order valence-electron chi connectivity index (χ2n) is 6.77. The average Bonchev–Trinajstić information content (AvgIpc) is 3.32. The number of para-hydroxylation sites is 2. The third kappa shape index (κ3) is 3.35. The molecule has 1 N–H and O–H groups in total. The molecule has 0 saturated carbocycles. The van der Waals surface area contributed by atoms with E-state index in [1.165, 1.54) is 0 Å². The lowest BCUT2D eigenvalue weighted by Crippen LogP contribution is -2.38. The van der Waals surface area contributed by atoms with E-state index in [0.29, 0.717) is 6.61 Å². The number of ether oxygens (including phenoxy) is 1. The smallest absolute Gasteiger partial charge is 0.252 e. The van der Waals surface area contributed by atoms with Crippen molar-refractivity contribution in [3.05, 3.63) is 66.0 Å². The third-order valence-electron chi connectivity index (χ3n) is 4.95. The van der Waals surface area contributed by atoms with E-state index in [-0.39, 0.29) is 11.9 Å². The zero-order valence-electron chi connectivity index (χ0n) is 14.9. The van der Waals surface area contributed by atoms with Crippen LogP contribution in [0.2, 0.25) is 0 Å². The van der Waals surface area contributed by atoms with Gasteiger partial charge in [-0.25, -0.2) is 4.98 Å². The molecule has 0 aliphatic carbocycles. The van der Waals surface area contributed by atoms with Gasteiger partial charge in [0.1, 0.15) is 11.9 Å². The number of fused-ring (bicyclic) bond motifs is 1. The van der Waals surface area contributed by atoms with Crippen LogP contribution in [0, 0.1) is 0 Å². The number of likely N-dealkylation sites (tertiary alicyclic amines) is 1. The van der Waals surface area contributed by atoms with Crippen molar-refractivity contribution in [2.45, 2.75) is 38.5 Å². The van der Waals surface area contributed by atoms with Gasteiger partial charge in [-0.1, -0.05) is 42.5 Å². The molecule has 1 aliphatic rings. The van der Waals surface area contributed by atoms with Gasteiger partial charge in [-0.2, -0.15) is 0 Å². The molecular weight excluding hydrogens is 326 g/mol. The van der Waals surface area contributed by atoms with Gasteiger partial charge < -0.3 is 14.6 Å². The van der Waals surface area contributed by atoms with Crippen molar-refractivity contribution in [1.82, 2.24) is 14.9 Å². The Morgan fingerprint density at radius 1 is 1.23 bits per heavy atom. The topological polar surface area (TPSA) is 58.2 Å². The van der Waals surface area contributed by atoms with Gasteiger partial charge in [0.05, 0.1) is 23.7 Å². The molecule has 2 aromatic carbocycles. The molecule has 0 radical (unpaired) electrons. The molecule has 0 bridgehead atoms. The molecule has 1 aromatic heterocycles. The molecule has 1 fully saturated rings. The number of carbonyl (C=O) groups is 1. The number of H-pyrrole nitrogens is 1. The van der Waals surface area contributed by atoms with E-state index in [0.717, 1.165) is 41.8 Å². The summed E-state index contributed by atoms with van der Waals surface area (Å²) in [5, 5.41) is 0. The standard InChI is InChI=1S/C21H23N3O2/c1-15(26-14-16-8-3-2-4-9-16)21(25)24-13-7-12-19(24)20-22-17-10-5-6-11-18(17)23-20/h2-6,8-11,15,19H,7,12-14H2,1H3,(H,22,23). The second kappa shape index (κ2) is 7.30. The van der Waals surface area contributed by atoms with Gasteiger partial charge in [-0.15, -0.1) is 0 Å². The van der Waals surface area contributed by atoms with Crippen molar-refractivity contribution in [1.29, 1.82) is 0 Å². The maximum absolute atomic E-state index is 12.9. The van der Waals surface area contributed by atoms with Crippen molar-refractivity contribution in [3.8, 4) is 0 Å². The molecular formula is C21H23N3O2. The van der Waals surface area contributed by atoms with Crippen LogP contribution < -0.4 is 0 Å². The molecule has 1 amide bonds. The van der Waals surface area contributed by atoms with Crippen LogP contribution in [0.3, 0.4) is 0 Å². The summed E-state index contributed by atoms with van der Waals surface area (Å²) >= 11 is 0. The molecule has 2 unspecified atom stereocenters. The lowest BCUT2D eigenvalue weighted by molar-refractivity contribution is -0.144. The highest BCUT2D eigenvalue weighted by Crippen LogP contribution is 2.32. The minimum Gasteiger partial charge on any atom is -0.364 e. The van der Waals surface area contributed by atoms with Crippen LogP contribution in [0.1, 0.15) is 37.2 Å². The van der Waals surface area contributed by atoms with Crippen LogP contribution in [0.4, 0.5) is 0 Å². The second-order valence-corrected chi connectivity index (χ2v) is 6.77. The predicted octanol–water partition coefficient (Wildman–Crippen LogP) is 3.83. The molecule has 1 saturated heterocycles. The van der Waals surface area contributed by atoms with Crippen LogP contribution in [-0.2, 0) is 16.1 Å². The Balaban J connectivity index is 1.45. The number of carbonyl (C=O) groups excluding carboxylic acids is 1. The monoisotopic (exact) mass is 349 g/mol. The maximum atomic E-state index is 12.9. The van der Waals surface area contributed by atoms with Crippen LogP contribution in [-0.4, -0.2) is 33.4 Å². The molecule has 26 heavy (non-hydrogen) atoms. The van der Waals surface area contributed by atoms with Crippen LogP contribution in [0.5, 0.6) is 0 Å². The zero-order valence-corrected chi connectivity index (χ0v) is 14.9. The Morgan fingerprint density at radius 2 is 2.00 bits per heavy atom. The Hall–Kier alpha value is -2.66. The highest BCUT2D eigenvalue weighted by Gasteiger charge is 2.34. The summed E-state index contributed by atoms with van der Waals surface area (Å²) in [6.07, 6.45) is 1.44. The first-order chi connectivity index (χ1) is 12.7. The fourth-order valence-corrected chi connectivity index (χ4v) is 3.55. The van der Waals surface area contributed by atoms with Crippen molar-refractivity contribution >= 4 is 16.9 Å². The van der Waals surface area contributed by atoms with Gasteiger partial charge in [-0.05, 0) is 37.5 Å². The lowest BCUT2D eigenvalue weighted by atomic mass is 10.2. The van der Waals surface area contributed by atoms with E-state index in [2.05, 4.69) is 4.98 Å². The summed E-state index contributed by atoms with van der Waals surface area (Å²) in [4.78, 5) is 22.9. The summed E-state index contributed by atoms with van der Waals surface area (Å²) in [5.74, 6) is 0.899. The highest BCUT2D eigenvalue weighted by molar-refractivity contribution is 5.81. The third-order valence-corrected chi connectivity index (χ3v) is 4.95. The van der Waals surface area contributed by atoms with Crippen molar-refractivity contribution in [2.24, 2.45) is 0 Å². The van der Waals surface area contributed by atoms with Gasteiger partial charge in [0.25, 0.3) is 5.91 Å². The summed E-state index contributed by atoms with van der Waals surface area (Å²) in [7, 11) is 0. The van der Waals surface area contributed by atoms with E-state index in [4.69, 9.17) is 9.72 Å². The van der Waals surface area contributed by atoms with E-state index < -0.39 is 6.10 Å². The number of aromatic amines is 1. The van der Waals surface area contributed by atoms with E-state index in [1.54, 1.807) is 0 Å². The number of nitrogens with zero attached hydrogens (tertiary/aromatic N) is 2. The van der Waals surface area contributed by atoms with Gasteiger partial charge in [0.2, 0.25) is 0 Å². The van der Waals surface area contributed by atoms with E-state index in [1.807, 2.05) is 66.4 Å². The Bertz CT molecular complexity index is 857. The van der Waals surface area contributed by atoms with Crippen molar-refractivity contribution < 1.29 is 9.53 Å². The Kier molecular flexibility index (Phi) is 4.71. The molecule has 2 heterocycles. The van der Waals surface area contributed by atoms with Gasteiger partial charge in [0, 0.05) is 6.54 Å². The van der Waals surface area contributed by atoms with Crippen LogP contribution >= 0.6 is 0 Å². The summed E-state index contributed by atoms with van der Waals surface area (Å²) in [6.45, 7) is 3.02. The number of benzene rings is 2. The van der Waals surface area contributed by atoms with E-state index in [9.17, 15) is 4.79 Å². The summed E-state index contributed by atoms with van der Waals surface area (Å²) in [6, 6.07) is 17.9. The Morgan fingerprint density at radius 3 is 2.81 bits per heavy atom. The minimum absolute atomic E-state index is 0.00215. The quantitative estimate of drug-likeness (QED) is 0.761. The predicted molar refractivity (Wildman–Crippen MR) is 100 cm³/mol. The number of aromatic nitrogens is 2. The molecule has 0 spiro atoms. The highest BCUT2D eigenvalue weighted by atomic mass is 16.5. The molecule has 134 valence electrons. The lowest BCUT2D eigenvalue weighted by Gasteiger charge is -2.26. The number of rotatable bonds is 5. The molecule has 5 nitrogen and oxygen atoms in total. The fourth-order valence-electron chi connectivity index (χ4n) is 3.55. The molecule has 2 atom stereocenters. The number of hydrogen-bond donors (Lipinski definition) is 1. The SMILES string of the molecule is CC(OCc1ccccc1)C(=O)N1CCCC1c1nc2ccccc2[nH]1. The molecule has 5 heteroatoms. The molecule has 3 aromatic rings. The summed E-state index contributed by atoms with van der Waals surface area (Å²) < 4.78 is 5.82. The number of hydrogen-bond acceptors (Lipinski definition) is 3. The first-order valence-electron chi connectivity index (χ1n) is 9.13. The number of nitrogens with one attached hydrogen (secondary N) is 1. The van der Waals surface area contributed by atoms with Gasteiger partial charge in [0.15, 0.2) is 0 Å². The van der Waals surface area contributed by atoms with Crippen molar-refractivity contribution in [2.75, 3.05) is 6.54 Å². The number of amides is 1. The minimum atomic E-state index is -0.472. The Labute approximate surface area is 153 Å². The van der Waals surface area contributed by atoms with Crippen LogP contribution in [0.15, 0.2) is 54.6 Å². The number of imidazole rings is 1. The summed E-state index contributed by atoms with van der Waals surface area (Å²) in [5.41, 5.74) is 3.02. The molecule has 4 rings (SSSR count). The first kappa shape index (κ1) is 16.8. The van der Waals surface area contributed by atoms with Crippen LogP contribution in [0.25, 0.3) is 11.0 Å². The van der Waals surface area contributed by atoms with E-state index >= 15 is 0 Å². The van der Waals surface area contributed by atoms with Gasteiger partial charge >= 0.3 is 0 Å². The average molecular weight is 349 g/mol. The van der Waals surface area contributed by atoms with Gasteiger partial charge in [-0.3, -0.25) is 4.79 Å². The zero-order chi connectivity index (χ0) is 17.9. The molecule has 1 aliphatic heterocycles. The largest absolute Gasteiger partial charge is 0.364 e.